The number of halogens is 1. The molecule has 0 radical (unpaired) electrons. The molecule has 1 aliphatic rings. The zero-order chi connectivity index (χ0) is 9.68. The van der Waals surface area contributed by atoms with Crippen LogP contribution in [0.4, 0.5) is 0 Å². The van der Waals surface area contributed by atoms with E-state index in [4.69, 9.17) is 11.6 Å². The fraction of sp³-hybridized carbons (Fsp3) is 0.800. The highest BCUT2D eigenvalue weighted by atomic mass is 35.5. The van der Waals surface area contributed by atoms with Gasteiger partial charge < -0.3 is 0 Å². The predicted octanol–water partition coefficient (Wildman–Crippen LogP) is 2.47. The molecule has 0 saturated carbocycles. The zero-order valence-electron chi connectivity index (χ0n) is 8.26. The highest BCUT2D eigenvalue weighted by molar-refractivity contribution is 7.99. The van der Waals surface area contributed by atoms with Crippen LogP contribution >= 0.6 is 23.4 Å². The van der Waals surface area contributed by atoms with Crippen molar-refractivity contribution < 1.29 is 0 Å². The lowest BCUT2D eigenvalue weighted by Crippen LogP contribution is -2.31. The average molecular weight is 220 g/mol. The Morgan fingerprint density at radius 1 is 1.69 bits per heavy atom. The van der Waals surface area contributed by atoms with Crippen molar-refractivity contribution in [2.75, 3.05) is 37.0 Å². The largest absolute Gasteiger partial charge is 0.298 e. The molecule has 0 amide bonds. The molecule has 1 heterocycles. The number of thioether (sulfide) groups is 1. The van der Waals surface area contributed by atoms with Gasteiger partial charge in [0.05, 0.1) is 0 Å². The smallest absolute Gasteiger partial charge is 0.0443 e. The summed E-state index contributed by atoms with van der Waals surface area (Å²) in [6, 6.07) is 0. The molecule has 1 aliphatic heterocycles. The maximum Gasteiger partial charge on any atom is 0.0443 e. The maximum absolute atomic E-state index is 5.72. The molecule has 1 atom stereocenters. The van der Waals surface area contributed by atoms with Crippen molar-refractivity contribution in [1.82, 2.24) is 4.90 Å². The van der Waals surface area contributed by atoms with E-state index in [-0.39, 0.29) is 0 Å². The Bertz CT molecular complexity index is 172. The van der Waals surface area contributed by atoms with E-state index in [9.17, 15) is 0 Å². The lowest BCUT2D eigenvalue weighted by molar-refractivity contribution is 0.286. The second-order valence-electron chi connectivity index (χ2n) is 3.80. The summed E-state index contributed by atoms with van der Waals surface area (Å²) in [6.07, 6.45) is 0. The van der Waals surface area contributed by atoms with Crippen LogP contribution in [0.1, 0.15) is 6.92 Å². The monoisotopic (exact) mass is 219 g/mol. The molecule has 0 aliphatic carbocycles. The van der Waals surface area contributed by atoms with Crippen LogP contribution in [0.5, 0.6) is 0 Å². The van der Waals surface area contributed by atoms with Crippen molar-refractivity contribution in [2.45, 2.75) is 6.92 Å². The molecule has 76 valence electrons. The molecular weight excluding hydrogens is 202 g/mol. The summed E-state index contributed by atoms with van der Waals surface area (Å²) in [6.45, 7) is 9.62. The normalized spacial score (nSPS) is 25.5. The SMILES string of the molecule is C=C(CCl)CN1CCSCC(C)C1. The Morgan fingerprint density at radius 2 is 2.46 bits per heavy atom. The van der Waals surface area contributed by atoms with Gasteiger partial charge in [-0.25, -0.2) is 0 Å². The Balaban J connectivity index is 2.34. The molecule has 1 unspecified atom stereocenters. The van der Waals surface area contributed by atoms with E-state index < -0.39 is 0 Å². The van der Waals surface area contributed by atoms with Crippen LogP contribution in [0.25, 0.3) is 0 Å². The van der Waals surface area contributed by atoms with Crippen LogP contribution in [-0.4, -0.2) is 41.9 Å². The third kappa shape index (κ3) is 4.39. The molecule has 3 heteroatoms. The van der Waals surface area contributed by atoms with Crippen LogP contribution in [0.3, 0.4) is 0 Å². The van der Waals surface area contributed by atoms with Crippen LogP contribution in [-0.2, 0) is 0 Å². The van der Waals surface area contributed by atoms with E-state index in [0.29, 0.717) is 5.88 Å². The minimum atomic E-state index is 0.595. The van der Waals surface area contributed by atoms with E-state index in [1.165, 1.54) is 24.6 Å². The van der Waals surface area contributed by atoms with Gasteiger partial charge in [-0.1, -0.05) is 13.5 Å². The first-order chi connectivity index (χ1) is 6.22. The summed E-state index contributed by atoms with van der Waals surface area (Å²) in [5, 5.41) is 0. The number of alkyl halides is 1. The van der Waals surface area contributed by atoms with E-state index in [0.717, 1.165) is 18.0 Å². The first-order valence-electron chi connectivity index (χ1n) is 4.75. The van der Waals surface area contributed by atoms with Gasteiger partial charge in [-0.15, -0.1) is 11.6 Å². The van der Waals surface area contributed by atoms with Gasteiger partial charge in [-0.2, -0.15) is 11.8 Å². The van der Waals surface area contributed by atoms with Crippen molar-refractivity contribution in [3.05, 3.63) is 12.2 Å². The molecule has 0 aromatic carbocycles. The number of hydrogen-bond acceptors (Lipinski definition) is 2. The summed E-state index contributed by atoms with van der Waals surface area (Å²) < 4.78 is 0. The molecule has 0 bridgehead atoms. The van der Waals surface area contributed by atoms with Crippen LogP contribution in [0.2, 0.25) is 0 Å². The van der Waals surface area contributed by atoms with Crippen LogP contribution < -0.4 is 0 Å². The highest BCUT2D eigenvalue weighted by Gasteiger charge is 2.14. The fourth-order valence-corrected chi connectivity index (χ4v) is 2.71. The molecule has 0 aromatic rings. The Hall–Kier alpha value is 0.340. The number of nitrogens with zero attached hydrogens (tertiary/aromatic N) is 1. The molecule has 1 nitrogen and oxygen atoms in total. The van der Waals surface area contributed by atoms with E-state index >= 15 is 0 Å². The van der Waals surface area contributed by atoms with Gasteiger partial charge in [0.2, 0.25) is 0 Å². The van der Waals surface area contributed by atoms with Gasteiger partial charge in [0.15, 0.2) is 0 Å². The highest BCUT2D eigenvalue weighted by Crippen LogP contribution is 2.15. The van der Waals surface area contributed by atoms with Gasteiger partial charge in [-0.3, -0.25) is 4.90 Å². The first-order valence-corrected chi connectivity index (χ1v) is 6.44. The fourth-order valence-electron chi connectivity index (χ4n) is 1.57. The Kier molecular flexibility index (Phi) is 5.22. The van der Waals surface area contributed by atoms with Crippen molar-refractivity contribution in [3.8, 4) is 0 Å². The third-order valence-electron chi connectivity index (χ3n) is 2.16. The minimum Gasteiger partial charge on any atom is -0.298 e. The van der Waals surface area contributed by atoms with Crippen molar-refractivity contribution in [3.63, 3.8) is 0 Å². The maximum atomic E-state index is 5.72. The summed E-state index contributed by atoms with van der Waals surface area (Å²) in [5.41, 5.74) is 1.14. The summed E-state index contributed by atoms with van der Waals surface area (Å²) in [5.74, 6) is 3.94. The van der Waals surface area contributed by atoms with E-state index in [2.05, 4.69) is 30.2 Å². The number of rotatable bonds is 3. The zero-order valence-corrected chi connectivity index (χ0v) is 9.83. The molecule has 1 rings (SSSR count). The van der Waals surface area contributed by atoms with Gasteiger partial charge >= 0.3 is 0 Å². The molecule has 13 heavy (non-hydrogen) atoms. The molecular formula is C10H18ClNS. The Labute approximate surface area is 90.5 Å². The topological polar surface area (TPSA) is 3.24 Å². The van der Waals surface area contributed by atoms with Crippen LogP contribution in [0, 0.1) is 5.92 Å². The van der Waals surface area contributed by atoms with Crippen molar-refractivity contribution in [1.29, 1.82) is 0 Å². The average Bonchev–Trinajstić information content (AvgIpc) is 2.30. The predicted molar refractivity (Wildman–Crippen MR) is 62.8 cm³/mol. The lowest BCUT2D eigenvalue weighted by atomic mass is 10.2. The Morgan fingerprint density at radius 3 is 3.15 bits per heavy atom. The van der Waals surface area contributed by atoms with E-state index in [1.807, 2.05) is 0 Å². The molecule has 1 saturated heterocycles. The molecule has 0 aromatic heterocycles. The molecule has 0 N–H and O–H groups in total. The van der Waals surface area contributed by atoms with Crippen molar-refractivity contribution in [2.24, 2.45) is 5.92 Å². The van der Waals surface area contributed by atoms with E-state index in [1.54, 1.807) is 0 Å². The van der Waals surface area contributed by atoms with Gasteiger partial charge in [0.1, 0.15) is 0 Å². The standard InChI is InChI=1S/C10H18ClNS/c1-9(5-11)6-12-3-4-13-8-10(2)7-12/h10H,1,3-8H2,2H3. The van der Waals surface area contributed by atoms with Crippen molar-refractivity contribution >= 4 is 23.4 Å². The second-order valence-corrected chi connectivity index (χ2v) is 5.22. The summed E-state index contributed by atoms with van der Waals surface area (Å²) >= 11 is 7.77. The number of hydrogen-bond donors (Lipinski definition) is 0. The van der Waals surface area contributed by atoms with Crippen LogP contribution in [0.15, 0.2) is 12.2 Å². The van der Waals surface area contributed by atoms with Gasteiger partial charge in [0, 0.05) is 31.3 Å². The molecule has 1 fully saturated rings. The van der Waals surface area contributed by atoms with Gasteiger partial charge in [0.25, 0.3) is 0 Å². The summed E-state index contributed by atoms with van der Waals surface area (Å²) in [4.78, 5) is 2.47. The lowest BCUT2D eigenvalue weighted by Gasteiger charge is -2.22. The first kappa shape index (κ1) is 11.4. The third-order valence-corrected chi connectivity index (χ3v) is 3.81. The second kappa shape index (κ2) is 5.94. The van der Waals surface area contributed by atoms with Gasteiger partial charge in [-0.05, 0) is 17.2 Å². The molecule has 0 spiro atoms. The summed E-state index contributed by atoms with van der Waals surface area (Å²) in [7, 11) is 0. The quantitative estimate of drug-likeness (QED) is 0.530. The minimum absolute atomic E-state index is 0.595.